The monoisotopic (exact) mass is 780 g/mol. The number of aliphatic hydroxyl groups excluding tert-OH is 5. The van der Waals surface area contributed by atoms with E-state index in [0.29, 0.717) is 18.8 Å². The lowest BCUT2D eigenvalue weighted by molar-refractivity contribution is -0.336. The van der Waals surface area contributed by atoms with Crippen LogP contribution < -0.4 is 0 Å². The second-order valence-electron chi connectivity index (χ2n) is 18.8. The van der Waals surface area contributed by atoms with Crippen molar-refractivity contribution in [2.45, 2.75) is 197 Å². The molecule has 7 fully saturated rings. The molecule has 6 N–H and O–H groups in total. The number of cyclic esters (lactones) is 1. The van der Waals surface area contributed by atoms with Crippen molar-refractivity contribution < 1.29 is 68.6 Å². The highest BCUT2D eigenvalue weighted by Gasteiger charge is 2.71. The number of hydrogen-bond donors (Lipinski definition) is 6. The zero-order valence-corrected chi connectivity index (χ0v) is 32.9. The SMILES string of the molecule is C[C@H]1O[C@@H](O[C@H]2[C@@H](O)C[C@H](O[C@H]3[C@@H](O)C[C@H](O[C@H]4CC[C@@]5(C)[C@H](CCC6[C@@H]5C[C@@H](O)[C@]5(C)[C@@H](C7=CC(=O)OC7)CC[C@]65O)C4)O[C@@H]3C)O[C@@H]2C)C[C@H](O)[C@@H]1O. The van der Waals surface area contributed by atoms with Gasteiger partial charge in [0.1, 0.15) is 24.9 Å². The van der Waals surface area contributed by atoms with Gasteiger partial charge in [0.2, 0.25) is 0 Å². The van der Waals surface area contributed by atoms with Crippen LogP contribution in [-0.2, 0) is 38.0 Å². The highest BCUT2D eigenvalue weighted by Crippen LogP contribution is 2.70. The third-order valence-corrected chi connectivity index (χ3v) is 16.0. The molecule has 14 heteroatoms. The van der Waals surface area contributed by atoms with E-state index >= 15 is 0 Å². The van der Waals surface area contributed by atoms with Crippen LogP contribution in [0.4, 0.5) is 0 Å². The van der Waals surface area contributed by atoms with E-state index in [1.54, 1.807) is 19.9 Å². The van der Waals surface area contributed by atoms with Crippen molar-refractivity contribution in [3.05, 3.63) is 11.6 Å². The van der Waals surface area contributed by atoms with E-state index in [-0.39, 0.29) is 61.1 Å². The minimum Gasteiger partial charge on any atom is -0.458 e. The summed E-state index contributed by atoms with van der Waals surface area (Å²) in [5.74, 6) is 0.204. The predicted octanol–water partition coefficient (Wildman–Crippen LogP) is 2.22. The van der Waals surface area contributed by atoms with Crippen molar-refractivity contribution >= 4 is 5.97 Å². The lowest BCUT2D eigenvalue weighted by Crippen LogP contribution is -2.67. The second-order valence-corrected chi connectivity index (χ2v) is 18.8. The average Bonchev–Trinajstić information content (AvgIpc) is 3.67. The molecule has 0 bridgehead atoms. The molecule has 0 aromatic heterocycles. The molecule has 0 aromatic carbocycles. The molecular formula is C41H64O14. The Balaban J connectivity index is 0.837. The molecule has 4 aliphatic carbocycles. The Bertz CT molecular complexity index is 1410. The van der Waals surface area contributed by atoms with Crippen molar-refractivity contribution in [2.75, 3.05) is 6.61 Å². The molecule has 4 aliphatic heterocycles. The fourth-order valence-corrected chi connectivity index (χ4v) is 12.8. The molecule has 0 aromatic rings. The van der Waals surface area contributed by atoms with Crippen molar-refractivity contribution in [2.24, 2.45) is 34.5 Å². The van der Waals surface area contributed by atoms with E-state index in [1.165, 1.54) is 0 Å². The zero-order valence-electron chi connectivity index (χ0n) is 32.9. The summed E-state index contributed by atoms with van der Waals surface area (Å²) in [6.45, 7) is 9.90. The number of hydrogen-bond acceptors (Lipinski definition) is 14. The average molecular weight is 781 g/mol. The fourth-order valence-electron chi connectivity index (χ4n) is 12.8. The number of rotatable bonds is 7. The van der Waals surface area contributed by atoms with Crippen LogP contribution >= 0.6 is 0 Å². The van der Waals surface area contributed by atoms with E-state index < -0.39 is 90.9 Å². The van der Waals surface area contributed by atoms with Gasteiger partial charge in [-0.15, -0.1) is 0 Å². The van der Waals surface area contributed by atoms with Crippen LogP contribution in [-0.4, -0.2) is 135 Å². The van der Waals surface area contributed by atoms with Gasteiger partial charge < -0.3 is 63.8 Å². The van der Waals surface area contributed by atoms with Crippen LogP contribution in [0.3, 0.4) is 0 Å². The third kappa shape index (κ3) is 6.95. The Kier molecular flexibility index (Phi) is 11.1. The number of ether oxygens (including phenoxy) is 7. The maximum Gasteiger partial charge on any atom is 0.331 e. The van der Waals surface area contributed by atoms with Crippen LogP contribution in [0.5, 0.6) is 0 Å². The number of esters is 1. The molecule has 8 aliphatic rings. The second kappa shape index (κ2) is 15.1. The fraction of sp³-hybridized carbons (Fsp3) is 0.927. The first-order chi connectivity index (χ1) is 26.0. The van der Waals surface area contributed by atoms with Gasteiger partial charge in [-0.1, -0.05) is 13.8 Å². The first-order valence-corrected chi connectivity index (χ1v) is 20.9. The van der Waals surface area contributed by atoms with Crippen LogP contribution in [0.25, 0.3) is 0 Å². The van der Waals surface area contributed by atoms with Crippen LogP contribution in [0.2, 0.25) is 0 Å². The van der Waals surface area contributed by atoms with Crippen molar-refractivity contribution in [3.8, 4) is 0 Å². The van der Waals surface area contributed by atoms with Crippen molar-refractivity contribution in [1.29, 1.82) is 0 Å². The van der Waals surface area contributed by atoms with Gasteiger partial charge in [-0.3, -0.25) is 0 Å². The van der Waals surface area contributed by atoms with Gasteiger partial charge in [0.15, 0.2) is 18.9 Å². The third-order valence-electron chi connectivity index (χ3n) is 16.0. The quantitative estimate of drug-likeness (QED) is 0.162. The van der Waals surface area contributed by atoms with Gasteiger partial charge >= 0.3 is 5.97 Å². The van der Waals surface area contributed by atoms with E-state index in [4.69, 9.17) is 33.2 Å². The maximum atomic E-state index is 12.6. The largest absolute Gasteiger partial charge is 0.458 e. The summed E-state index contributed by atoms with van der Waals surface area (Å²) in [6, 6.07) is 0. The van der Waals surface area contributed by atoms with E-state index in [0.717, 1.165) is 44.1 Å². The van der Waals surface area contributed by atoms with Crippen LogP contribution in [0.15, 0.2) is 11.6 Å². The first-order valence-electron chi connectivity index (χ1n) is 20.9. The molecule has 14 nitrogen and oxygen atoms in total. The summed E-state index contributed by atoms with van der Waals surface area (Å²) in [7, 11) is 0. The van der Waals surface area contributed by atoms with Crippen molar-refractivity contribution in [3.63, 3.8) is 0 Å². The lowest BCUT2D eigenvalue weighted by atomic mass is 9.42. The zero-order chi connectivity index (χ0) is 39.2. The predicted molar refractivity (Wildman–Crippen MR) is 193 cm³/mol. The molecule has 4 saturated carbocycles. The molecule has 55 heavy (non-hydrogen) atoms. The Morgan fingerprint density at radius 2 is 1.29 bits per heavy atom. The molecule has 312 valence electrons. The van der Waals surface area contributed by atoms with Gasteiger partial charge in [-0.05, 0) is 107 Å². The Morgan fingerprint density at radius 1 is 0.691 bits per heavy atom. The number of aliphatic hydroxyl groups is 6. The van der Waals surface area contributed by atoms with E-state index in [1.807, 2.05) is 13.8 Å². The van der Waals surface area contributed by atoms with Gasteiger partial charge in [0.25, 0.3) is 0 Å². The van der Waals surface area contributed by atoms with Gasteiger partial charge in [-0.2, -0.15) is 0 Å². The minimum absolute atomic E-state index is 0.0452. The maximum absolute atomic E-state index is 12.6. The Labute approximate surface area is 323 Å². The smallest absolute Gasteiger partial charge is 0.331 e. The molecule has 0 spiro atoms. The molecule has 8 rings (SSSR count). The summed E-state index contributed by atoms with van der Waals surface area (Å²) in [6.07, 6.45) is -1.51. The molecule has 0 radical (unpaired) electrons. The highest BCUT2D eigenvalue weighted by atomic mass is 16.7. The standard InChI is InChI=1S/C41H64O14/c1-19-36(47)28(42)15-34(50-19)54-38-21(3)52-35(17-30(38)44)55-37-20(2)51-33(16-29(37)43)53-24-8-10-39(4)23(13-24)6-7-26-27(39)14-31(45)40(5)25(9-11-41(26,40)48)22-12-32(46)49-18-22/h12,19-21,23-31,33-38,42-45,47-48H,6-11,13-18H2,1-5H3/t19-,20-,21-,23-,24+,25-,26?,27+,28+,29+,30+,31-,33+,34+,35+,36-,37-,38-,39+,40+,41+/m1/s1. The molecule has 4 heterocycles. The van der Waals surface area contributed by atoms with Crippen LogP contribution in [0, 0.1) is 34.5 Å². The van der Waals surface area contributed by atoms with Gasteiger partial charge in [0.05, 0.1) is 54.4 Å². The number of carbonyl (C=O) groups is 1. The minimum atomic E-state index is -1.01. The topological polar surface area (TPSA) is 203 Å². The number of fused-ring (bicyclic) bond motifs is 5. The first kappa shape index (κ1) is 40.5. The Morgan fingerprint density at radius 3 is 1.87 bits per heavy atom. The summed E-state index contributed by atoms with van der Waals surface area (Å²) >= 11 is 0. The highest BCUT2D eigenvalue weighted by molar-refractivity contribution is 5.85. The molecule has 0 amide bonds. The van der Waals surface area contributed by atoms with E-state index in [9.17, 15) is 35.4 Å². The van der Waals surface area contributed by atoms with E-state index in [2.05, 4.69) is 6.92 Å². The normalized spacial score (nSPS) is 55.5. The van der Waals surface area contributed by atoms with Gasteiger partial charge in [0, 0.05) is 30.8 Å². The molecule has 3 saturated heterocycles. The summed E-state index contributed by atoms with van der Waals surface area (Å²) in [4.78, 5) is 11.9. The van der Waals surface area contributed by atoms with Gasteiger partial charge in [-0.25, -0.2) is 4.79 Å². The Hall–Kier alpha value is -1.27. The lowest BCUT2D eigenvalue weighted by Gasteiger charge is -2.65. The molecular weight excluding hydrogens is 716 g/mol. The number of carbonyl (C=O) groups excluding carboxylic acids is 1. The summed E-state index contributed by atoms with van der Waals surface area (Å²) in [5, 5.41) is 66.9. The van der Waals surface area contributed by atoms with Crippen molar-refractivity contribution in [1.82, 2.24) is 0 Å². The summed E-state index contributed by atoms with van der Waals surface area (Å²) in [5.41, 5.74) is -0.892. The van der Waals surface area contributed by atoms with Crippen LogP contribution in [0.1, 0.15) is 105 Å². The molecule has 1 unspecified atom stereocenters. The summed E-state index contributed by atoms with van der Waals surface area (Å²) < 4.78 is 42.1. The molecule has 21 atom stereocenters.